The SMILES string of the molecule is c1ccc2c(Sc3ccc(OCCC4CCCCC4)c4ccccc34)cccc2c1. The Hall–Kier alpha value is -2.45. The lowest BCUT2D eigenvalue weighted by atomic mass is 9.87. The van der Waals surface area contributed by atoms with Crippen LogP contribution >= 0.6 is 11.8 Å². The Kier molecular flexibility index (Phi) is 5.94. The minimum absolute atomic E-state index is 0.824. The van der Waals surface area contributed by atoms with E-state index in [4.69, 9.17) is 4.74 Å². The molecule has 0 aromatic heterocycles. The summed E-state index contributed by atoms with van der Waals surface area (Å²) in [5, 5.41) is 5.08. The molecule has 1 aliphatic rings. The van der Waals surface area contributed by atoms with Crippen molar-refractivity contribution in [2.45, 2.75) is 48.3 Å². The summed E-state index contributed by atoms with van der Waals surface area (Å²) >= 11 is 1.85. The van der Waals surface area contributed by atoms with Crippen LogP contribution in [0.15, 0.2) is 88.7 Å². The molecular formula is C28H28OS. The number of fused-ring (bicyclic) bond motifs is 2. The molecule has 0 aliphatic heterocycles. The molecule has 4 aromatic carbocycles. The van der Waals surface area contributed by atoms with E-state index in [1.165, 1.54) is 69.9 Å². The summed E-state index contributed by atoms with van der Waals surface area (Å²) in [6, 6.07) is 28.2. The van der Waals surface area contributed by atoms with Gasteiger partial charge in [0.15, 0.2) is 0 Å². The number of benzene rings is 4. The van der Waals surface area contributed by atoms with Crippen molar-refractivity contribution >= 4 is 33.3 Å². The van der Waals surface area contributed by atoms with Crippen molar-refractivity contribution < 1.29 is 4.74 Å². The molecule has 0 atom stereocenters. The van der Waals surface area contributed by atoms with Crippen LogP contribution in [-0.2, 0) is 0 Å². The fourth-order valence-corrected chi connectivity index (χ4v) is 5.78. The van der Waals surface area contributed by atoms with Gasteiger partial charge in [-0.1, -0.05) is 105 Å². The molecule has 5 rings (SSSR count). The second-order valence-corrected chi connectivity index (χ2v) is 9.41. The molecule has 1 fully saturated rings. The molecule has 1 aliphatic carbocycles. The Balaban J connectivity index is 1.39. The third-order valence-electron chi connectivity index (χ3n) is 6.32. The van der Waals surface area contributed by atoms with E-state index in [1.807, 2.05) is 11.8 Å². The van der Waals surface area contributed by atoms with E-state index in [9.17, 15) is 0 Å². The van der Waals surface area contributed by atoms with Gasteiger partial charge in [-0.15, -0.1) is 0 Å². The zero-order valence-electron chi connectivity index (χ0n) is 17.3. The van der Waals surface area contributed by atoms with Crippen molar-refractivity contribution in [3.8, 4) is 5.75 Å². The van der Waals surface area contributed by atoms with Crippen molar-refractivity contribution in [2.75, 3.05) is 6.61 Å². The highest BCUT2D eigenvalue weighted by Crippen LogP contribution is 2.40. The third-order valence-corrected chi connectivity index (χ3v) is 7.47. The lowest BCUT2D eigenvalue weighted by Crippen LogP contribution is -2.10. The van der Waals surface area contributed by atoms with E-state index in [0.29, 0.717) is 0 Å². The predicted molar refractivity (Wildman–Crippen MR) is 129 cm³/mol. The Labute approximate surface area is 183 Å². The second kappa shape index (κ2) is 9.14. The van der Waals surface area contributed by atoms with Crippen LogP contribution in [0.3, 0.4) is 0 Å². The van der Waals surface area contributed by atoms with Gasteiger partial charge in [-0.3, -0.25) is 0 Å². The van der Waals surface area contributed by atoms with Crippen LogP contribution in [0.1, 0.15) is 38.5 Å². The van der Waals surface area contributed by atoms with Crippen molar-refractivity contribution in [2.24, 2.45) is 5.92 Å². The topological polar surface area (TPSA) is 9.23 Å². The van der Waals surface area contributed by atoms with Crippen LogP contribution in [0.2, 0.25) is 0 Å². The molecule has 2 heteroatoms. The summed E-state index contributed by atoms with van der Waals surface area (Å²) in [5.41, 5.74) is 0. The highest BCUT2D eigenvalue weighted by Gasteiger charge is 2.14. The molecule has 0 bridgehead atoms. The summed E-state index contributed by atoms with van der Waals surface area (Å²) < 4.78 is 6.29. The maximum absolute atomic E-state index is 6.29. The number of ether oxygens (including phenoxy) is 1. The molecular weight excluding hydrogens is 384 g/mol. The Morgan fingerprint density at radius 1 is 0.667 bits per heavy atom. The molecule has 1 nitrogen and oxygen atoms in total. The first-order valence-corrected chi connectivity index (χ1v) is 12.0. The van der Waals surface area contributed by atoms with Gasteiger partial charge < -0.3 is 4.74 Å². The lowest BCUT2D eigenvalue weighted by Gasteiger charge is -2.21. The van der Waals surface area contributed by atoms with Gasteiger partial charge in [0.05, 0.1) is 6.61 Å². The molecule has 152 valence electrons. The van der Waals surface area contributed by atoms with Gasteiger partial charge in [-0.25, -0.2) is 0 Å². The molecule has 0 radical (unpaired) electrons. The van der Waals surface area contributed by atoms with Crippen LogP contribution in [0.25, 0.3) is 21.5 Å². The lowest BCUT2D eigenvalue weighted by molar-refractivity contribution is 0.248. The largest absolute Gasteiger partial charge is 0.493 e. The standard InChI is InChI=1S/C28H28OS/c1-2-9-21(10-3-1)19-20-29-26-17-18-28(25-15-7-6-14-24(25)26)30-27-16-8-12-22-11-4-5-13-23(22)27/h4-8,11-18,21H,1-3,9-10,19-20H2. The first-order chi connectivity index (χ1) is 14.9. The van der Waals surface area contributed by atoms with Crippen molar-refractivity contribution in [3.63, 3.8) is 0 Å². The van der Waals surface area contributed by atoms with E-state index < -0.39 is 0 Å². The maximum Gasteiger partial charge on any atom is 0.127 e. The van der Waals surface area contributed by atoms with Crippen LogP contribution in [0.4, 0.5) is 0 Å². The minimum Gasteiger partial charge on any atom is -0.493 e. The summed E-state index contributed by atoms with van der Waals surface area (Å²) in [4.78, 5) is 2.57. The zero-order chi connectivity index (χ0) is 20.2. The number of hydrogen-bond donors (Lipinski definition) is 0. The summed E-state index contributed by atoms with van der Waals surface area (Å²) in [6.07, 6.45) is 8.15. The highest BCUT2D eigenvalue weighted by atomic mass is 32.2. The van der Waals surface area contributed by atoms with Crippen LogP contribution in [-0.4, -0.2) is 6.61 Å². The fourth-order valence-electron chi connectivity index (χ4n) is 4.67. The van der Waals surface area contributed by atoms with E-state index in [-0.39, 0.29) is 0 Å². The summed E-state index contributed by atoms with van der Waals surface area (Å²) in [6.45, 7) is 0.824. The average molecular weight is 413 g/mol. The molecule has 0 N–H and O–H groups in total. The molecule has 30 heavy (non-hydrogen) atoms. The van der Waals surface area contributed by atoms with E-state index in [1.54, 1.807) is 0 Å². The first-order valence-electron chi connectivity index (χ1n) is 11.2. The number of hydrogen-bond acceptors (Lipinski definition) is 2. The molecule has 0 amide bonds. The summed E-state index contributed by atoms with van der Waals surface area (Å²) in [7, 11) is 0. The predicted octanol–water partition coefficient (Wildman–Crippen LogP) is 8.49. The van der Waals surface area contributed by atoms with Gasteiger partial charge in [-0.2, -0.15) is 0 Å². The fraction of sp³-hybridized carbons (Fsp3) is 0.286. The Morgan fingerprint density at radius 2 is 1.37 bits per heavy atom. The minimum atomic E-state index is 0.824. The number of rotatable bonds is 6. The van der Waals surface area contributed by atoms with Gasteiger partial charge in [0.1, 0.15) is 5.75 Å². The molecule has 0 saturated heterocycles. The van der Waals surface area contributed by atoms with E-state index in [0.717, 1.165) is 18.3 Å². The second-order valence-electron chi connectivity index (χ2n) is 8.33. The normalized spacial score (nSPS) is 14.9. The smallest absolute Gasteiger partial charge is 0.127 e. The molecule has 0 unspecified atom stereocenters. The van der Waals surface area contributed by atoms with Gasteiger partial charge in [0.2, 0.25) is 0 Å². The zero-order valence-corrected chi connectivity index (χ0v) is 18.2. The van der Waals surface area contributed by atoms with Gasteiger partial charge in [0.25, 0.3) is 0 Å². The maximum atomic E-state index is 6.29. The van der Waals surface area contributed by atoms with Crippen molar-refractivity contribution in [3.05, 3.63) is 78.9 Å². The summed E-state index contributed by atoms with van der Waals surface area (Å²) in [5.74, 6) is 1.87. The van der Waals surface area contributed by atoms with Crippen LogP contribution in [0, 0.1) is 5.92 Å². The van der Waals surface area contributed by atoms with Gasteiger partial charge in [-0.05, 0) is 46.7 Å². The Morgan fingerprint density at radius 3 is 2.23 bits per heavy atom. The van der Waals surface area contributed by atoms with Crippen LogP contribution in [0.5, 0.6) is 5.75 Å². The first kappa shape index (κ1) is 19.5. The quantitative estimate of drug-likeness (QED) is 0.314. The molecule has 0 spiro atoms. The van der Waals surface area contributed by atoms with Crippen molar-refractivity contribution in [1.82, 2.24) is 0 Å². The van der Waals surface area contributed by atoms with Gasteiger partial charge >= 0.3 is 0 Å². The molecule has 0 heterocycles. The molecule has 4 aromatic rings. The van der Waals surface area contributed by atoms with E-state index in [2.05, 4.69) is 78.9 Å². The molecule has 1 saturated carbocycles. The van der Waals surface area contributed by atoms with E-state index >= 15 is 0 Å². The van der Waals surface area contributed by atoms with Crippen LogP contribution < -0.4 is 4.74 Å². The Bertz CT molecular complexity index is 1140. The average Bonchev–Trinajstić information content (AvgIpc) is 2.81. The monoisotopic (exact) mass is 412 g/mol. The van der Waals surface area contributed by atoms with Gasteiger partial charge in [0, 0.05) is 15.2 Å². The van der Waals surface area contributed by atoms with Crippen molar-refractivity contribution in [1.29, 1.82) is 0 Å². The third kappa shape index (κ3) is 4.20. The highest BCUT2D eigenvalue weighted by molar-refractivity contribution is 7.99.